The predicted octanol–water partition coefficient (Wildman–Crippen LogP) is 3.79. The molecule has 3 aromatic rings. The van der Waals surface area contributed by atoms with Crippen LogP contribution in [0.25, 0.3) is 11.1 Å². The van der Waals surface area contributed by atoms with E-state index in [4.69, 9.17) is 5.73 Å². The number of carbonyl (C=O) groups is 3. The van der Waals surface area contributed by atoms with Crippen LogP contribution in [0.15, 0.2) is 54.6 Å². The number of carbonyl (C=O) groups excluding carboxylic acids is 3. The van der Waals surface area contributed by atoms with Gasteiger partial charge < -0.3 is 21.7 Å². The van der Waals surface area contributed by atoms with Gasteiger partial charge in [-0.1, -0.05) is 18.2 Å². The van der Waals surface area contributed by atoms with Crippen molar-refractivity contribution >= 4 is 29.2 Å². The van der Waals surface area contributed by atoms with Gasteiger partial charge in [-0.05, 0) is 60.0 Å². The molecule has 5 N–H and O–H groups in total. The SMILES string of the molecule is Cc1cccc(NC(=O)Nc2ccc(-c3ccc(C(N)=O)c4c3CNC4=O)c(F)c2)c1. The Morgan fingerprint density at radius 3 is 2.39 bits per heavy atom. The molecule has 3 aromatic carbocycles. The van der Waals surface area contributed by atoms with Gasteiger partial charge in [-0.15, -0.1) is 0 Å². The summed E-state index contributed by atoms with van der Waals surface area (Å²) in [4.78, 5) is 36.0. The summed E-state index contributed by atoms with van der Waals surface area (Å²) in [5.74, 6) is -1.72. The van der Waals surface area contributed by atoms with E-state index in [1.54, 1.807) is 18.2 Å². The maximum absolute atomic E-state index is 14.9. The second-order valence-electron chi connectivity index (χ2n) is 7.20. The van der Waals surface area contributed by atoms with Crippen molar-refractivity contribution in [2.24, 2.45) is 5.73 Å². The van der Waals surface area contributed by atoms with Gasteiger partial charge in [0.05, 0.1) is 11.1 Å². The van der Waals surface area contributed by atoms with Gasteiger partial charge in [-0.2, -0.15) is 0 Å². The Bertz CT molecular complexity index is 1240. The lowest BCUT2D eigenvalue weighted by Gasteiger charge is -2.13. The van der Waals surface area contributed by atoms with Crippen LogP contribution in [-0.2, 0) is 6.54 Å². The van der Waals surface area contributed by atoms with Crippen molar-refractivity contribution in [1.82, 2.24) is 5.32 Å². The number of rotatable bonds is 4. The normalized spacial score (nSPS) is 12.1. The Kier molecular flexibility index (Phi) is 5.12. The van der Waals surface area contributed by atoms with Crippen LogP contribution in [0, 0.1) is 12.7 Å². The average Bonchev–Trinajstić information content (AvgIpc) is 3.09. The van der Waals surface area contributed by atoms with E-state index in [1.165, 1.54) is 18.2 Å². The molecule has 0 fully saturated rings. The molecule has 0 unspecified atom stereocenters. The molecule has 0 atom stereocenters. The molecule has 1 heterocycles. The van der Waals surface area contributed by atoms with Crippen LogP contribution in [0.1, 0.15) is 31.8 Å². The maximum Gasteiger partial charge on any atom is 0.323 e. The van der Waals surface area contributed by atoms with Crippen molar-refractivity contribution < 1.29 is 18.8 Å². The summed E-state index contributed by atoms with van der Waals surface area (Å²) in [6, 6.07) is 14.1. The number of benzene rings is 3. The van der Waals surface area contributed by atoms with Crippen LogP contribution in [0.3, 0.4) is 0 Å². The fraction of sp³-hybridized carbons (Fsp3) is 0.0870. The zero-order valence-corrected chi connectivity index (χ0v) is 16.6. The fourth-order valence-electron chi connectivity index (χ4n) is 3.63. The van der Waals surface area contributed by atoms with Crippen LogP contribution < -0.4 is 21.7 Å². The molecule has 8 heteroatoms. The first-order valence-corrected chi connectivity index (χ1v) is 9.52. The van der Waals surface area contributed by atoms with Crippen molar-refractivity contribution in [3.63, 3.8) is 0 Å². The molecule has 1 aliphatic rings. The number of halogens is 1. The lowest BCUT2D eigenvalue weighted by atomic mass is 9.92. The van der Waals surface area contributed by atoms with Crippen molar-refractivity contribution in [1.29, 1.82) is 0 Å². The highest BCUT2D eigenvalue weighted by Gasteiger charge is 2.28. The molecule has 0 aromatic heterocycles. The van der Waals surface area contributed by atoms with Gasteiger partial charge in [0.25, 0.3) is 5.91 Å². The van der Waals surface area contributed by atoms with Crippen LogP contribution >= 0.6 is 0 Å². The van der Waals surface area contributed by atoms with E-state index < -0.39 is 23.7 Å². The second kappa shape index (κ2) is 7.91. The number of hydrogen-bond acceptors (Lipinski definition) is 3. The summed E-state index contributed by atoms with van der Waals surface area (Å²) < 4.78 is 14.9. The predicted molar refractivity (Wildman–Crippen MR) is 115 cm³/mol. The summed E-state index contributed by atoms with van der Waals surface area (Å²) >= 11 is 0. The lowest BCUT2D eigenvalue weighted by molar-refractivity contribution is 0.0947. The Labute approximate surface area is 177 Å². The number of hydrogen-bond donors (Lipinski definition) is 4. The molecule has 1 aliphatic heterocycles. The number of nitrogens with one attached hydrogen (secondary N) is 3. The van der Waals surface area contributed by atoms with Gasteiger partial charge >= 0.3 is 6.03 Å². The largest absolute Gasteiger partial charge is 0.366 e. The minimum Gasteiger partial charge on any atom is -0.366 e. The summed E-state index contributed by atoms with van der Waals surface area (Å²) in [7, 11) is 0. The van der Waals surface area contributed by atoms with E-state index in [-0.39, 0.29) is 28.9 Å². The van der Waals surface area contributed by atoms with E-state index in [1.807, 2.05) is 25.1 Å². The summed E-state index contributed by atoms with van der Waals surface area (Å²) in [6.07, 6.45) is 0. The zero-order valence-electron chi connectivity index (χ0n) is 16.6. The van der Waals surface area contributed by atoms with E-state index in [2.05, 4.69) is 16.0 Å². The molecule has 156 valence electrons. The Morgan fingerprint density at radius 1 is 1.00 bits per heavy atom. The van der Waals surface area contributed by atoms with Gasteiger partial charge in [-0.25, -0.2) is 9.18 Å². The molecule has 0 saturated heterocycles. The minimum absolute atomic E-state index is 0.0975. The van der Waals surface area contributed by atoms with E-state index in [0.29, 0.717) is 16.8 Å². The number of anilines is 2. The zero-order chi connectivity index (χ0) is 22.1. The third-order valence-corrected chi connectivity index (χ3v) is 5.02. The summed E-state index contributed by atoms with van der Waals surface area (Å²) in [5.41, 5.74) is 8.75. The first-order chi connectivity index (χ1) is 14.8. The highest BCUT2D eigenvalue weighted by molar-refractivity contribution is 6.10. The monoisotopic (exact) mass is 418 g/mol. The molecule has 7 nitrogen and oxygen atoms in total. The van der Waals surface area contributed by atoms with Gasteiger partial charge in [0, 0.05) is 23.5 Å². The molecular weight excluding hydrogens is 399 g/mol. The van der Waals surface area contributed by atoms with Crippen molar-refractivity contribution in [3.8, 4) is 11.1 Å². The first kappa shape index (κ1) is 20.1. The average molecular weight is 418 g/mol. The molecule has 0 radical (unpaired) electrons. The smallest absolute Gasteiger partial charge is 0.323 e. The molecule has 4 amide bonds. The molecule has 4 rings (SSSR count). The number of amides is 4. The van der Waals surface area contributed by atoms with E-state index in [0.717, 1.165) is 5.56 Å². The third-order valence-electron chi connectivity index (χ3n) is 5.02. The Hall–Kier alpha value is -4.20. The van der Waals surface area contributed by atoms with Crippen LogP contribution in [0.5, 0.6) is 0 Å². The van der Waals surface area contributed by atoms with Crippen molar-refractivity contribution in [2.75, 3.05) is 10.6 Å². The number of primary amides is 1. The van der Waals surface area contributed by atoms with Gasteiger partial charge in [0.15, 0.2) is 0 Å². The van der Waals surface area contributed by atoms with E-state index >= 15 is 0 Å². The molecule has 0 bridgehead atoms. The Balaban J connectivity index is 1.59. The maximum atomic E-state index is 14.9. The van der Waals surface area contributed by atoms with Crippen LogP contribution in [0.2, 0.25) is 0 Å². The summed E-state index contributed by atoms with van der Waals surface area (Å²) in [5, 5.41) is 7.93. The molecule has 0 aliphatic carbocycles. The Morgan fingerprint density at radius 2 is 1.71 bits per heavy atom. The molecule has 0 saturated carbocycles. The van der Waals surface area contributed by atoms with Gasteiger partial charge in [0.1, 0.15) is 5.82 Å². The highest BCUT2D eigenvalue weighted by atomic mass is 19.1. The number of fused-ring (bicyclic) bond motifs is 1. The lowest BCUT2D eigenvalue weighted by Crippen LogP contribution is -2.19. The number of aryl methyl sites for hydroxylation is 1. The number of urea groups is 1. The highest BCUT2D eigenvalue weighted by Crippen LogP contribution is 2.34. The molecule has 31 heavy (non-hydrogen) atoms. The minimum atomic E-state index is -0.723. The number of nitrogens with two attached hydrogens (primary N) is 1. The third kappa shape index (κ3) is 3.95. The second-order valence-corrected chi connectivity index (χ2v) is 7.20. The topological polar surface area (TPSA) is 113 Å². The standard InChI is InChI=1S/C23H19FN4O3/c1-12-3-2-4-13(9-12)27-23(31)28-14-5-6-16(19(24)10-14)15-7-8-17(21(25)29)20-18(15)11-26-22(20)30/h2-10H,11H2,1H3,(H2,25,29)(H,26,30)(H2,27,28,31). The van der Waals surface area contributed by atoms with Gasteiger partial charge in [0.2, 0.25) is 5.91 Å². The quantitative estimate of drug-likeness (QED) is 0.517. The van der Waals surface area contributed by atoms with Crippen molar-refractivity contribution in [3.05, 3.63) is 82.7 Å². The van der Waals surface area contributed by atoms with Crippen LogP contribution in [0.4, 0.5) is 20.6 Å². The molecular formula is C23H19FN4O3. The van der Waals surface area contributed by atoms with Gasteiger partial charge in [-0.3, -0.25) is 9.59 Å². The fourth-order valence-corrected chi connectivity index (χ4v) is 3.63. The summed E-state index contributed by atoms with van der Waals surface area (Å²) in [6.45, 7) is 2.08. The van der Waals surface area contributed by atoms with Crippen LogP contribution in [-0.4, -0.2) is 17.8 Å². The first-order valence-electron chi connectivity index (χ1n) is 9.52. The van der Waals surface area contributed by atoms with Crippen molar-refractivity contribution in [2.45, 2.75) is 13.5 Å². The van der Waals surface area contributed by atoms with E-state index in [9.17, 15) is 18.8 Å². The molecule has 0 spiro atoms.